The number of piperazine rings is 1. The summed E-state index contributed by atoms with van der Waals surface area (Å²) in [6.45, 7) is 4.81. The van der Waals surface area contributed by atoms with Crippen LogP contribution in [-0.2, 0) is 11.3 Å². The van der Waals surface area contributed by atoms with Crippen molar-refractivity contribution in [3.8, 4) is 0 Å². The van der Waals surface area contributed by atoms with Gasteiger partial charge in [0.25, 0.3) is 0 Å². The Morgan fingerprint density at radius 3 is 2.48 bits per heavy atom. The van der Waals surface area contributed by atoms with E-state index in [2.05, 4.69) is 52.7 Å². The van der Waals surface area contributed by atoms with Crippen LogP contribution in [0.4, 0.5) is 4.79 Å². The number of fused-ring (bicyclic) bond motifs is 1. The lowest BCUT2D eigenvalue weighted by atomic mass is 10.0. The number of rotatable bonds is 7. The van der Waals surface area contributed by atoms with Crippen molar-refractivity contribution < 1.29 is 9.59 Å². The zero-order chi connectivity index (χ0) is 19.1. The molecule has 1 aliphatic rings. The summed E-state index contributed by atoms with van der Waals surface area (Å²) >= 11 is 0. The van der Waals surface area contributed by atoms with Crippen LogP contribution in [0.15, 0.2) is 42.5 Å². The van der Waals surface area contributed by atoms with Crippen molar-refractivity contribution in [3.63, 3.8) is 0 Å². The van der Waals surface area contributed by atoms with E-state index >= 15 is 0 Å². The maximum atomic E-state index is 12.3. The highest BCUT2D eigenvalue weighted by Gasteiger charge is 2.21. The Morgan fingerprint density at radius 2 is 1.70 bits per heavy atom. The standard InChI is InChI=1S/C21H28N4O2/c22-21(27)23-11-4-3-10-20(26)25-14-12-24(13-15-25)16-18-8-5-7-17-6-1-2-9-19(17)18/h1-2,5-9H,3-4,10-16H2,(H3,22,23,27). The minimum absolute atomic E-state index is 0.207. The van der Waals surface area contributed by atoms with Gasteiger partial charge in [0, 0.05) is 45.7 Å². The van der Waals surface area contributed by atoms with Crippen molar-refractivity contribution >= 4 is 22.7 Å². The summed E-state index contributed by atoms with van der Waals surface area (Å²) in [6, 6.07) is 14.4. The molecule has 1 heterocycles. The molecule has 2 aromatic carbocycles. The molecule has 0 bridgehead atoms. The smallest absolute Gasteiger partial charge is 0.312 e. The topological polar surface area (TPSA) is 78.7 Å². The summed E-state index contributed by atoms with van der Waals surface area (Å²) < 4.78 is 0. The van der Waals surface area contributed by atoms with Gasteiger partial charge in [-0.3, -0.25) is 9.69 Å². The van der Waals surface area contributed by atoms with Gasteiger partial charge in [-0.2, -0.15) is 0 Å². The monoisotopic (exact) mass is 368 g/mol. The predicted octanol–water partition coefficient (Wildman–Crippen LogP) is 2.32. The van der Waals surface area contributed by atoms with E-state index in [4.69, 9.17) is 5.73 Å². The molecule has 0 saturated carbocycles. The number of carbonyl (C=O) groups excluding carboxylic acids is 2. The molecule has 0 aromatic heterocycles. The molecule has 0 atom stereocenters. The Kier molecular flexibility index (Phi) is 6.65. The first-order valence-corrected chi connectivity index (χ1v) is 9.63. The number of primary amides is 1. The number of amides is 3. The van der Waals surface area contributed by atoms with Crippen LogP contribution >= 0.6 is 0 Å². The first-order chi connectivity index (χ1) is 13.1. The van der Waals surface area contributed by atoms with Gasteiger partial charge in [-0.15, -0.1) is 0 Å². The lowest BCUT2D eigenvalue weighted by Crippen LogP contribution is -2.48. The lowest BCUT2D eigenvalue weighted by molar-refractivity contribution is -0.133. The summed E-state index contributed by atoms with van der Waals surface area (Å²) in [5.74, 6) is 0.207. The molecule has 6 nitrogen and oxygen atoms in total. The second-order valence-corrected chi connectivity index (χ2v) is 7.04. The Bertz CT molecular complexity index is 779. The van der Waals surface area contributed by atoms with Gasteiger partial charge in [0.15, 0.2) is 0 Å². The second-order valence-electron chi connectivity index (χ2n) is 7.04. The Balaban J connectivity index is 1.43. The van der Waals surface area contributed by atoms with Crippen LogP contribution in [0.5, 0.6) is 0 Å². The van der Waals surface area contributed by atoms with Crippen molar-refractivity contribution in [1.82, 2.24) is 15.1 Å². The molecule has 3 rings (SSSR count). The average molecular weight is 368 g/mol. The summed E-state index contributed by atoms with van der Waals surface area (Å²) in [6.07, 6.45) is 2.08. The fraction of sp³-hybridized carbons (Fsp3) is 0.429. The number of hydrogen-bond donors (Lipinski definition) is 2. The number of nitrogens with one attached hydrogen (secondary N) is 1. The maximum Gasteiger partial charge on any atom is 0.312 e. The van der Waals surface area contributed by atoms with Crippen molar-refractivity contribution in [1.29, 1.82) is 0 Å². The van der Waals surface area contributed by atoms with Crippen molar-refractivity contribution in [2.45, 2.75) is 25.8 Å². The van der Waals surface area contributed by atoms with E-state index < -0.39 is 6.03 Å². The Morgan fingerprint density at radius 1 is 0.963 bits per heavy atom. The quantitative estimate of drug-likeness (QED) is 0.736. The molecule has 0 spiro atoms. The highest BCUT2D eigenvalue weighted by molar-refractivity contribution is 5.85. The third-order valence-electron chi connectivity index (χ3n) is 5.12. The predicted molar refractivity (Wildman–Crippen MR) is 107 cm³/mol. The second kappa shape index (κ2) is 9.37. The molecule has 144 valence electrons. The summed E-state index contributed by atoms with van der Waals surface area (Å²) in [5.41, 5.74) is 6.36. The van der Waals surface area contributed by atoms with E-state index in [1.807, 2.05) is 4.90 Å². The Hall–Kier alpha value is -2.60. The molecular weight excluding hydrogens is 340 g/mol. The van der Waals surface area contributed by atoms with Gasteiger partial charge in [-0.25, -0.2) is 4.79 Å². The van der Waals surface area contributed by atoms with E-state index in [0.29, 0.717) is 13.0 Å². The molecule has 1 fully saturated rings. The third-order valence-corrected chi connectivity index (χ3v) is 5.12. The van der Waals surface area contributed by atoms with Crippen molar-refractivity contribution in [3.05, 3.63) is 48.0 Å². The molecule has 0 aliphatic carbocycles. The Labute approximate surface area is 160 Å². The summed E-state index contributed by atoms with van der Waals surface area (Å²) in [5, 5.41) is 5.13. The van der Waals surface area contributed by atoms with Gasteiger partial charge in [0.1, 0.15) is 0 Å². The van der Waals surface area contributed by atoms with Gasteiger partial charge in [0.05, 0.1) is 0 Å². The number of hydrogen-bond acceptors (Lipinski definition) is 3. The van der Waals surface area contributed by atoms with E-state index in [9.17, 15) is 9.59 Å². The molecular formula is C21H28N4O2. The van der Waals surface area contributed by atoms with E-state index in [-0.39, 0.29) is 5.91 Å². The first-order valence-electron chi connectivity index (χ1n) is 9.63. The highest BCUT2D eigenvalue weighted by atomic mass is 16.2. The fourth-order valence-electron chi connectivity index (χ4n) is 3.60. The third kappa shape index (κ3) is 5.44. The van der Waals surface area contributed by atoms with E-state index in [1.165, 1.54) is 16.3 Å². The molecule has 6 heteroatoms. The van der Waals surface area contributed by atoms with Gasteiger partial charge >= 0.3 is 6.03 Å². The molecule has 27 heavy (non-hydrogen) atoms. The largest absolute Gasteiger partial charge is 0.352 e. The fourth-order valence-corrected chi connectivity index (χ4v) is 3.60. The number of unbranched alkanes of at least 4 members (excludes halogenated alkanes) is 1. The summed E-state index contributed by atoms with van der Waals surface area (Å²) in [7, 11) is 0. The average Bonchev–Trinajstić information content (AvgIpc) is 2.68. The summed E-state index contributed by atoms with van der Waals surface area (Å²) in [4.78, 5) is 27.3. The van der Waals surface area contributed by atoms with Gasteiger partial charge in [0.2, 0.25) is 5.91 Å². The zero-order valence-corrected chi connectivity index (χ0v) is 15.7. The van der Waals surface area contributed by atoms with Crippen LogP contribution in [0.1, 0.15) is 24.8 Å². The van der Waals surface area contributed by atoms with Crippen LogP contribution < -0.4 is 11.1 Å². The molecule has 0 unspecified atom stereocenters. The first kappa shape index (κ1) is 19.2. The van der Waals surface area contributed by atoms with Crippen LogP contribution in [0.25, 0.3) is 10.8 Å². The molecule has 1 aliphatic heterocycles. The van der Waals surface area contributed by atoms with Crippen molar-refractivity contribution in [2.75, 3.05) is 32.7 Å². The number of nitrogens with zero attached hydrogens (tertiary/aromatic N) is 2. The lowest BCUT2D eigenvalue weighted by Gasteiger charge is -2.35. The number of benzene rings is 2. The molecule has 2 aromatic rings. The minimum atomic E-state index is -0.511. The van der Waals surface area contributed by atoms with E-state index in [1.54, 1.807) is 0 Å². The molecule has 3 amide bonds. The number of nitrogens with two attached hydrogens (primary N) is 1. The minimum Gasteiger partial charge on any atom is -0.352 e. The molecule has 1 saturated heterocycles. The molecule has 0 radical (unpaired) electrons. The van der Waals surface area contributed by atoms with Crippen LogP contribution in [-0.4, -0.2) is 54.5 Å². The number of carbonyl (C=O) groups is 2. The number of urea groups is 1. The molecule has 3 N–H and O–H groups in total. The van der Waals surface area contributed by atoms with Crippen molar-refractivity contribution in [2.24, 2.45) is 5.73 Å². The maximum absolute atomic E-state index is 12.3. The van der Waals surface area contributed by atoms with Gasteiger partial charge in [-0.1, -0.05) is 42.5 Å². The van der Waals surface area contributed by atoms with Gasteiger partial charge < -0.3 is 16.0 Å². The van der Waals surface area contributed by atoms with Crippen LogP contribution in [0.3, 0.4) is 0 Å². The van der Waals surface area contributed by atoms with Gasteiger partial charge in [-0.05, 0) is 29.2 Å². The van der Waals surface area contributed by atoms with Crippen LogP contribution in [0, 0.1) is 0 Å². The van der Waals surface area contributed by atoms with E-state index in [0.717, 1.165) is 45.6 Å². The normalized spacial score (nSPS) is 15.0. The highest BCUT2D eigenvalue weighted by Crippen LogP contribution is 2.20. The van der Waals surface area contributed by atoms with Crippen LogP contribution in [0.2, 0.25) is 0 Å². The SMILES string of the molecule is NC(=O)NCCCCC(=O)N1CCN(Cc2cccc3ccccc23)CC1. The zero-order valence-electron chi connectivity index (χ0n) is 15.7.